The summed E-state index contributed by atoms with van der Waals surface area (Å²) >= 11 is 5.79. The molecule has 0 aliphatic rings. The number of imide groups is 1. The zero-order valence-electron chi connectivity index (χ0n) is 11.2. The van der Waals surface area contributed by atoms with E-state index in [1.54, 1.807) is 0 Å². The lowest BCUT2D eigenvalue weighted by molar-refractivity contribution is -0.131. The minimum atomic E-state index is -3.51. The molecule has 0 aliphatic carbocycles. The number of ether oxygens (including phenoxy) is 1. The number of esters is 1. The number of sulfone groups is 1. The van der Waals surface area contributed by atoms with Gasteiger partial charge in [0.2, 0.25) is 5.91 Å². The fourth-order valence-corrected chi connectivity index (χ4v) is 2.17. The van der Waals surface area contributed by atoms with Gasteiger partial charge in [0.1, 0.15) is 0 Å². The molecule has 1 rings (SSSR count). The van der Waals surface area contributed by atoms with Gasteiger partial charge in [-0.15, -0.1) is 0 Å². The number of nitrogens with one attached hydrogen (secondary N) is 1. The third-order valence-corrected chi connectivity index (χ3v) is 3.68. The SMILES string of the molecule is CC(=O)NC(=O)COC(=O)c1cc(S(C)(=O)=O)ccc1Cl. The zero-order chi connectivity index (χ0) is 16.2. The van der Waals surface area contributed by atoms with Crippen LogP contribution < -0.4 is 5.32 Å². The molecule has 0 saturated heterocycles. The highest BCUT2D eigenvalue weighted by molar-refractivity contribution is 7.90. The maximum absolute atomic E-state index is 11.8. The van der Waals surface area contributed by atoms with Crippen molar-refractivity contribution in [2.45, 2.75) is 11.8 Å². The van der Waals surface area contributed by atoms with Crippen molar-refractivity contribution in [2.75, 3.05) is 12.9 Å². The average Bonchev–Trinajstić information content (AvgIpc) is 2.34. The van der Waals surface area contributed by atoms with Gasteiger partial charge in [-0.05, 0) is 18.2 Å². The summed E-state index contributed by atoms with van der Waals surface area (Å²) in [4.78, 5) is 33.4. The molecular weight excluding hydrogens is 322 g/mol. The van der Waals surface area contributed by atoms with Crippen molar-refractivity contribution in [2.24, 2.45) is 0 Å². The largest absolute Gasteiger partial charge is 0.452 e. The highest BCUT2D eigenvalue weighted by Crippen LogP contribution is 2.21. The second-order valence-corrected chi connectivity index (χ2v) is 6.52. The lowest BCUT2D eigenvalue weighted by atomic mass is 10.2. The van der Waals surface area contributed by atoms with Crippen LogP contribution in [0.5, 0.6) is 0 Å². The fraction of sp³-hybridized carbons (Fsp3) is 0.250. The third-order valence-electron chi connectivity index (χ3n) is 2.24. The smallest absolute Gasteiger partial charge is 0.340 e. The van der Waals surface area contributed by atoms with E-state index in [1.165, 1.54) is 12.1 Å². The van der Waals surface area contributed by atoms with Crippen LogP contribution in [0.1, 0.15) is 17.3 Å². The summed E-state index contributed by atoms with van der Waals surface area (Å²) in [6, 6.07) is 3.55. The zero-order valence-corrected chi connectivity index (χ0v) is 12.7. The van der Waals surface area contributed by atoms with Crippen LogP contribution in [0.4, 0.5) is 0 Å². The molecule has 1 aromatic rings. The number of benzene rings is 1. The van der Waals surface area contributed by atoms with E-state index in [0.29, 0.717) is 0 Å². The molecule has 21 heavy (non-hydrogen) atoms. The molecule has 0 unspecified atom stereocenters. The first-order valence-electron chi connectivity index (χ1n) is 5.58. The predicted octanol–water partition coefficient (Wildman–Crippen LogP) is 0.563. The van der Waals surface area contributed by atoms with Gasteiger partial charge in [0, 0.05) is 13.2 Å². The summed E-state index contributed by atoms with van der Waals surface area (Å²) in [5.41, 5.74) is -0.185. The lowest BCUT2D eigenvalue weighted by Crippen LogP contribution is -2.32. The Morgan fingerprint density at radius 3 is 2.43 bits per heavy atom. The van der Waals surface area contributed by atoms with E-state index in [2.05, 4.69) is 4.74 Å². The van der Waals surface area contributed by atoms with Crippen LogP contribution in [0.2, 0.25) is 5.02 Å². The van der Waals surface area contributed by atoms with Crippen LogP contribution in [-0.4, -0.2) is 39.1 Å². The van der Waals surface area contributed by atoms with Crippen LogP contribution in [0.3, 0.4) is 0 Å². The topological polar surface area (TPSA) is 107 Å². The second kappa shape index (κ2) is 6.68. The van der Waals surface area contributed by atoms with Gasteiger partial charge < -0.3 is 4.74 Å². The molecule has 7 nitrogen and oxygen atoms in total. The van der Waals surface area contributed by atoms with Crippen molar-refractivity contribution in [3.05, 3.63) is 28.8 Å². The highest BCUT2D eigenvalue weighted by atomic mass is 35.5. The van der Waals surface area contributed by atoms with Gasteiger partial charge in [-0.2, -0.15) is 0 Å². The van der Waals surface area contributed by atoms with Gasteiger partial charge in [0.25, 0.3) is 5.91 Å². The molecule has 0 aromatic heterocycles. The Kier molecular flexibility index (Phi) is 5.45. The average molecular weight is 334 g/mol. The van der Waals surface area contributed by atoms with Crippen LogP contribution >= 0.6 is 11.6 Å². The van der Waals surface area contributed by atoms with Gasteiger partial charge in [-0.3, -0.25) is 14.9 Å². The highest BCUT2D eigenvalue weighted by Gasteiger charge is 2.17. The van der Waals surface area contributed by atoms with Crippen LogP contribution in [0.25, 0.3) is 0 Å². The van der Waals surface area contributed by atoms with E-state index in [-0.39, 0.29) is 15.5 Å². The van der Waals surface area contributed by atoms with E-state index in [9.17, 15) is 22.8 Å². The molecule has 0 saturated carbocycles. The van der Waals surface area contributed by atoms with Crippen molar-refractivity contribution in [1.29, 1.82) is 0 Å². The number of rotatable bonds is 4. The summed E-state index contributed by atoms with van der Waals surface area (Å²) in [6.07, 6.45) is 0.978. The number of amides is 2. The molecule has 0 bridgehead atoms. The first-order chi connectivity index (χ1) is 9.61. The first kappa shape index (κ1) is 17.1. The van der Waals surface area contributed by atoms with Crippen molar-refractivity contribution in [3.63, 3.8) is 0 Å². The number of hydrogen-bond acceptors (Lipinski definition) is 6. The molecule has 1 N–H and O–H groups in total. The van der Waals surface area contributed by atoms with Gasteiger partial charge in [-0.1, -0.05) is 11.6 Å². The minimum absolute atomic E-state index is 0.0145. The maximum Gasteiger partial charge on any atom is 0.340 e. The van der Waals surface area contributed by atoms with Crippen molar-refractivity contribution < 1.29 is 27.5 Å². The Morgan fingerprint density at radius 2 is 1.90 bits per heavy atom. The minimum Gasteiger partial charge on any atom is -0.452 e. The Balaban J connectivity index is 2.88. The molecule has 114 valence electrons. The summed E-state index contributed by atoms with van der Waals surface area (Å²) in [5, 5.41) is 1.90. The van der Waals surface area contributed by atoms with Crippen molar-refractivity contribution >= 4 is 39.2 Å². The molecule has 0 radical (unpaired) electrons. The van der Waals surface area contributed by atoms with E-state index in [0.717, 1.165) is 19.2 Å². The maximum atomic E-state index is 11.8. The summed E-state index contributed by atoms with van der Waals surface area (Å²) in [7, 11) is -3.51. The number of halogens is 1. The molecule has 0 spiro atoms. The molecule has 1 aromatic carbocycles. The molecular formula is C12H12ClNO6S. The van der Waals surface area contributed by atoms with Gasteiger partial charge in [0.05, 0.1) is 15.5 Å². The van der Waals surface area contributed by atoms with Gasteiger partial charge >= 0.3 is 5.97 Å². The monoisotopic (exact) mass is 333 g/mol. The molecule has 0 heterocycles. The fourth-order valence-electron chi connectivity index (χ4n) is 1.33. The molecule has 2 amide bonds. The molecule has 0 aliphatic heterocycles. The predicted molar refractivity (Wildman–Crippen MR) is 73.7 cm³/mol. The number of hydrogen-bond donors (Lipinski definition) is 1. The third kappa shape index (κ3) is 5.16. The summed E-state index contributed by atoms with van der Waals surface area (Å²) < 4.78 is 27.5. The normalized spacial score (nSPS) is 10.8. The summed E-state index contributed by atoms with van der Waals surface area (Å²) in [6.45, 7) is 0.448. The number of carbonyl (C=O) groups excluding carboxylic acids is 3. The Labute approximate surface area is 126 Å². The molecule has 9 heteroatoms. The van der Waals surface area contributed by atoms with Crippen molar-refractivity contribution in [1.82, 2.24) is 5.32 Å². The Bertz CT molecular complexity index is 698. The van der Waals surface area contributed by atoms with Crippen molar-refractivity contribution in [3.8, 4) is 0 Å². The van der Waals surface area contributed by atoms with Crippen LogP contribution in [-0.2, 0) is 24.2 Å². The van der Waals surface area contributed by atoms with Gasteiger partial charge in [0.15, 0.2) is 16.4 Å². The van der Waals surface area contributed by atoms with E-state index in [4.69, 9.17) is 11.6 Å². The quantitative estimate of drug-likeness (QED) is 0.807. The van der Waals surface area contributed by atoms with Crippen LogP contribution in [0.15, 0.2) is 23.1 Å². The summed E-state index contributed by atoms with van der Waals surface area (Å²) in [5.74, 6) is -2.36. The van der Waals surface area contributed by atoms with E-state index < -0.39 is 34.2 Å². The Morgan fingerprint density at radius 1 is 1.29 bits per heavy atom. The molecule has 0 fully saturated rings. The van der Waals surface area contributed by atoms with Gasteiger partial charge in [-0.25, -0.2) is 13.2 Å². The number of carbonyl (C=O) groups is 3. The second-order valence-electron chi connectivity index (χ2n) is 4.09. The van der Waals surface area contributed by atoms with Crippen LogP contribution in [0, 0.1) is 0 Å². The standard InChI is InChI=1S/C12H12ClNO6S/c1-7(15)14-11(16)6-20-12(17)9-5-8(21(2,18)19)3-4-10(9)13/h3-5H,6H2,1-2H3,(H,14,15,16). The first-order valence-corrected chi connectivity index (χ1v) is 7.85. The van der Waals surface area contributed by atoms with E-state index >= 15 is 0 Å². The van der Waals surface area contributed by atoms with E-state index in [1.807, 2.05) is 5.32 Å². The lowest BCUT2D eigenvalue weighted by Gasteiger charge is -2.07. The Hall–Kier alpha value is -1.93. The molecule has 0 atom stereocenters.